The molecule has 138 valence electrons. The lowest BCUT2D eigenvalue weighted by Gasteiger charge is -2.24. The number of halogens is 3. The maximum atomic E-state index is 12.5. The Hall–Kier alpha value is -2.25. The summed E-state index contributed by atoms with van der Waals surface area (Å²) in [5.74, 6) is -1.00. The van der Waals surface area contributed by atoms with Gasteiger partial charge in [0.25, 0.3) is 0 Å². The van der Waals surface area contributed by atoms with Gasteiger partial charge in [-0.15, -0.1) is 13.2 Å². The average Bonchev–Trinajstić information content (AvgIpc) is 2.93. The van der Waals surface area contributed by atoms with E-state index in [1.165, 1.54) is 17.0 Å². The van der Waals surface area contributed by atoms with E-state index < -0.39 is 24.0 Å². The molecule has 0 aliphatic carbocycles. The Morgan fingerprint density at radius 3 is 2.24 bits per heavy atom. The van der Waals surface area contributed by atoms with E-state index in [-0.39, 0.29) is 23.6 Å². The summed E-state index contributed by atoms with van der Waals surface area (Å²) in [6.45, 7) is 5.91. The van der Waals surface area contributed by atoms with Gasteiger partial charge in [-0.1, -0.05) is 0 Å². The van der Waals surface area contributed by atoms with E-state index in [4.69, 9.17) is 4.74 Å². The first-order chi connectivity index (χ1) is 11.4. The zero-order chi connectivity index (χ0) is 18.8. The van der Waals surface area contributed by atoms with Crippen LogP contribution in [0.2, 0.25) is 0 Å². The van der Waals surface area contributed by atoms with Gasteiger partial charge in [0, 0.05) is 24.6 Å². The lowest BCUT2D eigenvalue weighted by molar-refractivity contribution is -0.274. The number of ether oxygens (including phenoxy) is 2. The second-order valence-corrected chi connectivity index (χ2v) is 6.85. The van der Waals surface area contributed by atoms with Crippen LogP contribution < -0.4 is 4.74 Å². The summed E-state index contributed by atoms with van der Waals surface area (Å²) in [5, 5.41) is 0. The molecule has 1 unspecified atom stereocenters. The number of nitrogens with zero attached hydrogens (tertiary/aromatic N) is 1. The van der Waals surface area contributed by atoms with Crippen LogP contribution >= 0.6 is 0 Å². The first kappa shape index (κ1) is 19.1. The summed E-state index contributed by atoms with van der Waals surface area (Å²) >= 11 is 0. The van der Waals surface area contributed by atoms with Crippen LogP contribution in [0.5, 0.6) is 5.75 Å². The Balaban J connectivity index is 1.96. The zero-order valence-electron chi connectivity index (χ0n) is 14.2. The van der Waals surface area contributed by atoms with E-state index in [9.17, 15) is 22.8 Å². The van der Waals surface area contributed by atoms with Crippen molar-refractivity contribution in [1.29, 1.82) is 0 Å². The molecule has 1 aliphatic heterocycles. The molecule has 8 heteroatoms. The van der Waals surface area contributed by atoms with Crippen LogP contribution in [-0.4, -0.2) is 41.8 Å². The Kier molecular flexibility index (Phi) is 5.29. The largest absolute Gasteiger partial charge is 0.573 e. The molecule has 1 fully saturated rings. The lowest BCUT2D eigenvalue weighted by Crippen LogP contribution is -2.35. The van der Waals surface area contributed by atoms with Crippen LogP contribution in [0, 0.1) is 5.92 Å². The van der Waals surface area contributed by atoms with E-state index in [2.05, 4.69) is 4.74 Å². The number of amides is 1. The molecule has 1 aromatic rings. The highest BCUT2D eigenvalue weighted by atomic mass is 19.4. The molecule has 1 amide bonds. The van der Waals surface area contributed by atoms with E-state index in [0.717, 1.165) is 12.1 Å². The van der Waals surface area contributed by atoms with Gasteiger partial charge in [0.05, 0.1) is 0 Å². The fourth-order valence-corrected chi connectivity index (χ4v) is 2.52. The van der Waals surface area contributed by atoms with Crippen molar-refractivity contribution in [1.82, 2.24) is 4.90 Å². The molecule has 0 N–H and O–H groups in total. The van der Waals surface area contributed by atoms with Crippen molar-refractivity contribution in [3.8, 4) is 5.75 Å². The van der Waals surface area contributed by atoms with Gasteiger partial charge < -0.3 is 14.4 Å². The number of Topliss-reactive ketones (excluding diaryl/α,β-unsaturated/α-hetero) is 1. The van der Waals surface area contributed by atoms with Crippen LogP contribution in [0.1, 0.15) is 37.6 Å². The van der Waals surface area contributed by atoms with Gasteiger partial charge in [0.2, 0.25) is 0 Å². The summed E-state index contributed by atoms with van der Waals surface area (Å²) in [6.07, 6.45) is -4.76. The Morgan fingerprint density at radius 2 is 1.72 bits per heavy atom. The lowest BCUT2D eigenvalue weighted by atomic mass is 9.97. The minimum atomic E-state index is -4.77. The van der Waals surface area contributed by atoms with Crippen LogP contribution in [-0.2, 0) is 4.74 Å². The molecule has 0 aromatic heterocycles. The van der Waals surface area contributed by atoms with Crippen molar-refractivity contribution in [2.75, 3.05) is 13.1 Å². The maximum absolute atomic E-state index is 12.5. The smallest absolute Gasteiger partial charge is 0.444 e. The Morgan fingerprint density at radius 1 is 1.12 bits per heavy atom. The minimum Gasteiger partial charge on any atom is -0.444 e. The van der Waals surface area contributed by atoms with E-state index in [1.54, 1.807) is 20.8 Å². The van der Waals surface area contributed by atoms with Crippen LogP contribution in [0.25, 0.3) is 0 Å². The Bertz CT molecular complexity index is 635. The number of alkyl halides is 3. The molecule has 0 saturated carbocycles. The number of carbonyl (C=O) groups is 2. The molecule has 2 rings (SSSR count). The molecule has 1 atom stereocenters. The van der Waals surface area contributed by atoms with Crippen LogP contribution in [0.3, 0.4) is 0 Å². The molecule has 1 saturated heterocycles. The number of ketones is 1. The normalized spacial score (nSPS) is 18.2. The van der Waals surface area contributed by atoms with Gasteiger partial charge >= 0.3 is 12.5 Å². The SMILES string of the molecule is CC(C)(C)OC(=O)N1CCC(C(=O)c2ccc(OC(F)(F)F)cc2)C1. The predicted molar refractivity (Wildman–Crippen MR) is 83.4 cm³/mol. The van der Waals surface area contributed by atoms with E-state index in [1.807, 2.05) is 0 Å². The first-order valence-corrected chi connectivity index (χ1v) is 7.82. The predicted octanol–water partition coefficient (Wildman–Crippen LogP) is 4.02. The van der Waals surface area contributed by atoms with Crippen molar-refractivity contribution in [2.24, 2.45) is 5.92 Å². The Labute approximate surface area is 143 Å². The number of carbonyl (C=O) groups excluding carboxylic acids is 2. The third kappa shape index (κ3) is 5.65. The summed E-state index contributed by atoms with van der Waals surface area (Å²) in [4.78, 5) is 25.9. The summed E-state index contributed by atoms with van der Waals surface area (Å²) < 4.78 is 45.5. The standard InChI is InChI=1S/C17H20F3NO4/c1-16(2,3)25-15(23)21-9-8-12(10-21)14(22)11-4-6-13(7-5-11)24-17(18,19)20/h4-7,12H,8-10H2,1-3H3. The first-order valence-electron chi connectivity index (χ1n) is 7.82. The van der Waals surface area contributed by atoms with Crippen molar-refractivity contribution in [2.45, 2.75) is 39.2 Å². The summed E-state index contributed by atoms with van der Waals surface area (Å²) in [6, 6.07) is 4.78. The molecule has 1 aliphatic rings. The maximum Gasteiger partial charge on any atom is 0.573 e. The zero-order valence-corrected chi connectivity index (χ0v) is 14.2. The summed E-state index contributed by atoms with van der Waals surface area (Å²) in [7, 11) is 0. The average molecular weight is 359 g/mol. The van der Waals surface area contributed by atoms with E-state index >= 15 is 0 Å². The quantitative estimate of drug-likeness (QED) is 0.765. The van der Waals surface area contributed by atoms with Crippen LogP contribution in [0.15, 0.2) is 24.3 Å². The highest BCUT2D eigenvalue weighted by Crippen LogP contribution is 2.26. The molecule has 0 bridgehead atoms. The highest BCUT2D eigenvalue weighted by molar-refractivity contribution is 5.98. The molecular weight excluding hydrogens is 339 g/mol. The van der Waals surface area contributed by atoms with Gasteiger partial charge in [-0.3, -0.25) is 4.79 Å². The molecular formula is C17H20F3NO4. The van der Waals surface area contributed by atoms with Gasteiger partial charge in [-0.05, 0) is 51.5 Å². The fraction of sp³-hybridized carbons (Fsp3) is 0.529. The van der Waals surface area contributed by atoms with Gasteiger partial charge in [0.15, 0.2) is 5.78 Å². The number of likely N-dealkylation sites (tertiary alicyclic amines) is 1. The number of rotatable bonds is 3. The van der Waals surface area contributed by atoms with Crippen molar-refractivity contribution in [3.63, 3.8) is 0 Å². The van der Waals surface area contributed by atoms with Crippen molar-refractivity contribution >= 4 is 11.9 Å². The third-order valence-electron chi connectivity index (χ3n) is 3.58. The second-order valence-electron chi connectivity index (χ2n) is 6.85. The third-order valence-corrected chi connectivity index (χ3v) is 3.58. The number of hydrogen-bond donors (Lipinski definition) is 0. The molecule has 1 aromatic carbocycles. The molecule has 0 spiro atoms. The molecule has 1 heterocycles. The molecule has 5 nitrogen and oxygen atoms in total. The van der Waals surface area contributed by atoms with E-state index in [0.29, 0.717) is 13.0 Å². The van der Waals surface area contributed by atoms with Crippen LogP contribution in [0.4, 0.5) is 18.0 Å². The number of hydrogen-bond acceptors (Lipinski definition) is 4. The molecule has 0 radical (unpaired) electrons. The van der Waals surface area contributed by atoms with Gasteiger partial charge in [-0.25, -0.2) is 4.79 Å². The van der Waals surface area contributed by atoms with Crippen molar-refractivity contribution in [3.05, 3.63) is 29.8 Å². The second kappa shape index (κ2) is 6.93. The topological polar surface area (TPSA) is 55.8 Å². The van der Waals surface area contributed by atoms with Crippen molar-refractivity contribution < 1.29 is 32.2 Å². The van der Waals surface area contributed by atoms with Gasteiger partial charge in [-0.2, -0.15) is 0 Å². The highest BCUT2D eigenvalue weighted by Gasteiger charge is 2.34. The monoisotopic (exact) mass is 359 g/mol. The van der Waals surface area contributed by atoms with Gasteiger partial charge in [0.1, 0.15) is 11.4 Å². The summed E-state index contributed by atoms with van der Waals surface area (Å²) in [5.41, 5.74) is -0.335. The molecule has 25 heavy (non-hydrogen) atoms. The number of benzene rings is 1. The fourth-order valence-electron chi connectivity index (χ4n) is 2.52. The minimum absolute atomic E-state index is 0.218.